The Hall–Kier alpha value is -0.0800. The molecule has 0 amide bonds. The van der Waals surface area contributed by atoms with Gasteiger partial charge in [-0.1, -0.05) is 20.3 Å². The Morgan fingerprint density at radius 1 is 1.00 bits per heavy atom. The summed E-state index contributed by atoms with van der Waals surface area (Å²) in [5.41, 5.74) is 0. The van der Waals surface area contributed by atoms with Crippen molar-refractivity contribution in [3.63, 3.8) is 0 Å². The van der Waals surface area contributed by atoms with Crippen molar-refractivity contribution in [3.05, 3.63) is 0 Å². The van der Waals surface area contributed by atoms with Crippen molar-refractivity contribution in [2.24, 2.45) is 11.8 Å². The standard InChI is InChI=1S/C17H34N2/c1-14(2)16-7-6-11-19(12-9-16)15(3)13-17-8-4-5-10-18-17/h14-18H,4-13H2,1-3H3. The Morgan fingerprint density at radius 2 is 1.84 bits per heavy atom. The van der Waals surface area contributed by atoms with Crippen molar-refractivity contribution in [2.75, 3.05) is 19.6 Å². The van der Waals surface area contributed by atoms with Gasteiger partial charge in [0.15, 0.2) is 0 Å². The molecule has 0 bridgehead atoms. The van der Waals surface area contributed by atoms with Gasteiger partial charge in [-0.15, -0.1) is 0 Å². The van der Waals surface area contributed by atoms with Crippen LogP contribution in [-0.4, -0.2) is 36.6 Å². The van der Waals surface area contributed by atoms with Crippen molar-refractivity contribution in [2.45, 2.75) is 77.8 Å². The molecule has 0 aromatic rings. The maximum absolute atomic E-state index is 3.71. The van der Waals surface area contributed by atoms with Crippen LogP contribution in [0.4, 0.5) is 0 Å². The maximum Gasteiger partial charge on any atom is 0.00818 e. The largest absolute Gasteiger partial charge is 0.314 e. The Morgan fingerprint density at radius 3 is 2.53 bits per heavy atom. The molecule has 0 spiro atoms. The van der Waals surface area contributed by atoms with E-state index in [9.17, 15) is 0 Å². The quantitative estimate of drug-likeness (QED) is 0.835. The van der Waals surface area contributed by atoms with Gasteiger partial charge in [-0.2, -0.15) is 0 Å². The molecule has 2 rings (SSSR count). The third kappa shape index (κ3) is 4.75. The van der Waals surface area contributed by atoms with E-state index in [4.69, 9.17) is 0 Å². The van der Waals surface area contributed by atoms with E-state index in [0.717, 1.165) is 23.9 Å². The minimum absolute atomic E-state index is 0.765. The van der Waals surface area contributed by atoms with E-state index < -0.39 is 0 Å². The van der Waals surface area contributed by atoms with E-state index in [-0.39, 0.29) is 0 Å². The summed E-state index contributed by atoms with van der Waals surface area (Å²) < 4.78 is 0. The molecule has 112 valence electrons. The summed E-state index contributed by atoms with van der Waals surface area (Å²) in [6.45, 7) is 11.2. The molecule has 2 saturated heterocycles. The summed E-state index contributed by atoms with van der Waals surface area (Å²) in [6, 6.07) is 1.55. The summed E-state index contributed by atoms with van der Waals surface area (Å²) in [5, 5.41) is 3.71. The third-order valence-electron chi connectivity index (χ3n) is 5.41. The first kappa shape index (κ1) is 15.3. The summed E-state index contributed by atoms with van der Waals surface area (Å²) in [5.74, 6) is 1.83. The van der Waals surface area contributed by atoms with Gasteiger partial charge in [-0.25, -0.2) is 0 Å². The van der Waals surface area contributed by atoms with Gasteiger partial charge in [0.1, 0.15) is 0 Å². The predicted molar refractivity (Wildman–Crippen MR) is 83.5 cm³/mol. The molecule has 0 saturated carbocycles. The summed E-state index contributed by atoms with van der Waals surface area (Å²) in [6.07, 6.45) is 9.83. The lowest BCUT2D eigenvalue weighted by molar-refractivity contribution is 0.181. The zero-order chi connectivity index (χ0) is 13.7. The second kappa shape index (κ2) is 7.64. The highest BCUT2D eigenvalue weighted by molar-refractivity contribution is 4.81. The smallest absolute Gasteiger partial charge is 0.00818 e. The number of rotatable bonds is 4. The van der Waals surface area contributed by atoms with Gasteiger partial charge in [0.05, 0.1) is 0 Å². The molecular formula is C17H34N2. The molecule has 19 heavy (non-hydrogen) atoms. The molecule has 0 aromatic carbocycles. The van der Waals surface area contributed by atoms with Crippen molar-refractivity contribution in [1.82, 2.24) is 10.2 Å². The Labute approximate surface area is 120 Å². The molecule has 0 aliphatic carbocycles. The first-order valence-corrected chi connectivity index (χ1v) is 8.64. The van der Waals surface area contributed by atoms with E-state index >= 15 is 0 Å². The van der Waals surface area contributed by atoms with Gasteiger partial charge in [0.25, 0.3) is 0 Å². The lowest BCUT2D eigenvalue weighted by Crippen LogP contribution is -2.42. The summed E-state index contributed by atoms with van der Waals surface area (Å²) >= 11 is 0. The number of hydrogen-bond acceptors (Lipinski definition) is 2. The predicted octanol–water partition coefficient (Wildman–Crippen LogP) is 3.67. The molecule has 2 heterocycles. The van der Waals surface area contributed by atoms with E-state index in [1.54, 1.807) is 0 Å². The van der Waals surface area contributed by atoms with E-state index in [2.05, 4.69) is 31.0 Å². The van der Waals surface area contributed by atoms with Crippen LogP contribution in [0.15, 0.2) is 0 Å². The van der Waals surface area contributed by atoms with Crippen LogP contribution in [0.25, 0.3) is 0 Å². The monoisotopic (exact) mass is 266 g/mol. The topological polar surface area (TPSA) is 15.3 Å². The Kier molecular flexibility index (Phi) is 6.15. The minimum Gasteiger partial charge on any atom is -0.314 e. The molecule has 0 aromatic heterocycles. The van der Waals surface area contributed by atoms with Crippen LogP contribution in [0.2, 0.25) is 0 Å². The van der Waals surface area contributed by atoms with Gasteiger partial charge in [0.2, 0.25) is 0 Å². The van der Waals surface area contributed by atoms with Crippen LogP contribution in [0, 0.1) is 11.8 Å². The molecule has 0 radical (unpaired) electrons. The van der Waals surface area contributed by atoms with E-state index in [0.29, 0.717) is 0 Å². The van der Waals surface area contributed by atoms with Crippen molar-refractivity contribution in [3.8, 4) is 0 Å². The highest BCUT2D eigenvalue weighted by Gasteiger charge is 2.24. The van der Waals surface area contributed by atoms with Gasteiger partial charge in [0, 0.05) is 12.1 Å². The first-order valence-electron chi connectivity index (χ1n) is 8.64. The van der Waals surface area contributed by atoms with Crippen LogP contribution < -0.4 is 5.32 Å². The highest BCUT2D eigenvalue weighted by Crippen LogP contribution is 2.26. The minimum atomic E-state index is 0.765. The Bertz CT molecular complexity index is 246. The average molecular weight is 266 g/mol. The first-order chi connectivity index (χ1) is 9.16. The number of nitrogens with zero attached hydrogens (tertiary/aromatic N) is 1. The van der Waals surface area contributed by atoms with Gasteiger partial charge in [-0.05, 0) is 76.9 Å². The van der Waals surface area contributed by atoms with Crippen LogP contribution >= 0.6 is 0 Å². The number of piperidine rings is 1. The van der Waals surface area contributed by atoms with Gasteiger partial charge >= 0.3 is 0 Å². The lowest BCUT2D eigenvalue weighted by atomic mass is 9.89. The zero-order valence-corrected chi connectivity index (χ0v) is 13.3. The molecule has 2 aliphatic rings. The van der Waals surface area contributed by atoms with Crippen molar-refractivity contribution < 1.29 is 0 Å². The van der Waals surface area contributed by atoms with Crippen molar-refractivity contribution >= 4 is 0 Å². The molecule has 2 heteroatoms. The van der Waals surface area contributed by atoms with E-state index in [1.165, 1.54) is 64.6 Å². The van der Waals surface area contributed by atoms with Gasteiger partial charge in [-0.3, -0.25) is 0 Å². The fourth-order valence-corrected chi connectivity index (χ4v) is 3.94. The van der Waals surface area contributed by atoms with Crippen molar-refractivity contribution in [1.29, 1.82) is 0 Å². The normalized spacial score (nSPS) is 32.2. The lowest BCUT2D eigenvalue weighted by Gasteiger charge is -2.33. The fraction of sp³-hybridized carbons (Fsp3) is 1.00. The summed E-state index contributed by atoms with van der Waals surface area (Å²) in [7, 11) is 0. The highest BCUT2D eigenvalue weighted by atomic mass is 15.2. The molecule has 2 nitrogen and oxygen atoms in total. The number of likely N-dealkylation sites (tertiary alicyclic amines) is 1. The SMILES string of the molecule is CC(C)C1CCCN(C(C)CC2CCCCN2)CC1. The van der Waals surface area contributed by atoms with Crippen LogP contribution in [-0.2, 0) is 0 Å². The number of nitrogens with one attached hydrogen (secondary N) is 1. The average Bonchev–Trinajstić information content (AvgIpc) is 2.65. The van der Waals surface area contributed by atoms with Crippen LogP contribution in [0.5, 0.6) is 0 Å². The summed E-state index contributed by atoms with van der Waals surface area (Å²) in [4.78, 5) is 2.76. The van der Waals surface area contributed by atoms with Crippen LogP contribution in [0.1, 0.15) is 65.7 Å². The molecule has 2 aliphatic heterocycles. The molecule has 3 unspecified atom stereocenters. The fourth-order valence-electron chi connectivity index (χ4n) is 3.94. The van der Waals surface area contributed by atoms with Gasteiger partial charge < -0.3 is 10.2 Å². The zero-order valence-electron chi connectivity index (χ0n) is 13.3. The molecule has 2 fully saturated rings. The molecule has 3 atom stereocenters. The van der Waals surface area contributed by atoms with Crippen LogP contribution in [0.3, 0.4) is 0 Å². The second-order valence-electron chi connectivity index (χ2n) is 7.20. The number of hydrogen-bond donors (Lipinski definition) is 1. The maximum atomic E-state index is 3.71. The van der Waals surface area contributed by atoms with E-state index in [1.807, 2.05) is 0 Å². The second-order valence-corrected chi connectivity index (χ2v) is 7.20. The molecular weight excluding hydrogens is 232 g/mol. The molecule has 1 N–H and O–H groups in total. The third-order valence-corrected chi connectivity index (χ3v) is 5.41. The Balaban J connectivity index is 1.77.